The minimum Gasteiger partial charge on any atom is -0.493 e. The molecule has 0 fully saturated rings. The van der Waals surface area contributed by atoms with Crippen molar-refractivity contribution in [2.24, 2.45) is 0 Å². The van der Waals surface area contributed by atoms with Crippen molar-refractivity contribution < 1.29 is 14.3 Å². The molecule has 1 atom stereocenters. The van der Waals surface area contributed by atoms with Gasteiger partial charge in [-0.25, -0.2) is 0 Å². The number of rotatable bonds is 10. The Morgan fingerprint density at radius 1 is 1.27 bits per heavy atom. The second-order valence-electron chi connectivity index (χ2n) is 5.83. The Morgan fingerprint density at radius 3 is 2.73 bits per heavy atom. The number of benzene rings is 1. The molecule has 1 heterocycles. The van der Waals surface area contributed by atoms with Crippen LogP contribution in [0, 0.1) is 0 Å². The van der Waals surface area contributed by atoms with Crippen molar-refractivity contribution in [3.05, 3.63) is 24.5 Å². The topological polar surface area (TPSA) is 78.3 Å². The third-order valence-corrected chi connectivity index (χ3v) is 4.98. The minimum atomic E-state index is -0.308. The number of anilines is 1. The van der Waals surface area contributed by atoms with Crippen LogP contribution in [0.2, 0.25) is 0 Å². The largest absolute Gasteiger partial charge is 0.493 e. The maximum Gasteiger partial charge on any atom is 0.237 e. The van der Waals surface area contributed by atoms with Crippen LogP contribution in [0.4, 0.5) is 5.69 Å². The molecule has 0 saturated heterocycles. The second-order valence-corrected chi connectivity index (χ2v) is 7.14. The number of amides is 1. The molecule has 1 N–H and O–H groups in total. The van der Waals surface area contributed by atoms with Crippen molar-refractivity contribution in [1.29, 1.82) is 0 Å². The minimum absolute atomic E-state index is 0.106. The molecule has 0 bridgehead atoms. The molecule has 0 saturated carbocycles. The van der Waals surface area contributed by atoms with E-state index in [-0.39, 0.29) is 11.2 Å². The number of aromatic nitrogens is 3. The molecule has 142 valence electrons. The number of unbranched alkanes of at least 4 members (excludes halogenated alkanes) is 2. The number of nitrogens with one attached hydrogen (secondary N) is 1. The van der Waals surface area contributed by atoms with Gasteiger partial charge in [0.1, 0.15) is 6.33 Å². The fourth-order valence-electron chi connectivity index (χ4n) is 2.39. The van der Waals surface area contributed by atoms with Crippen LogP contribution in [-0.2, 0) is 11.3 Å². The highest BCUT2D eigenvalue weighted by molar-refractivity contribution is 8.00. The standard InChI is InChI=1S/C18H26N4O3S/c1-5-6-7-10-22-12-19-21-18(22)26-13(2)17(23)20-14-8-9-15(24-3)16(11-14)25-4/h8-9,11-13H,5-7,10H2,1-4H3,(H,20,23)/t13-/m0/s1. The van der Waals surface area contributed by atoms with E-state index in [9.17, 15) is 4.79 Å². The highest BCUT2D eigenvalue weighted by Gasteiger charge is 2.18. The van der Waals surface area contributed by atoms with Crippen LogP contribution in [-0.4, -0.2) is 40.1 Å². The lowest BCUT2D eigenvalue weighted by Crippen LogP contribution is -2.23. The first-order valence-electron chi connectivity index (χ1n) is 8.66. The summed E-state index contributed by atoms with van der Waals surface area (Å²) >= 11 is 1.40. The Labute approximate surface area is 158 Å². The zero-order valence-corrected chi connectivity index (χ0v) is 16.5. The van der Waals surface area contributed by atoms with Gasteiger partial charge in [0.15, 0.2) is 16.7 Å². The van der Waals surface area contributed by atoms with E-state index < -0.39 is 0 Å². The summed E-state index contributed by atoms with van der Waals surface area (Å²) in [6, 6.07) is 5.28. The van der Waals surface area contributed by atoms with E-state index in [1.54, 1.807) is 38.7 Å². The van der Waals surface area contributed by atoms with E-state index >= 15 is 0 Å². The average Bonchev–Trinajstić information content (AvgIpc) is 3.08. The van der Waals surface area contributed by atoms with Crippen LogP contribution in [0.1, 0.15) is 33.1 Å². The first-order valence-corrected chi connectivity index (χ1v) is 9.54. The molecule has 7 nitrogen and oxygen atoms in total. The van der Waals surface area contributed by atoms with Crippen LogP contribution in [0.5, 0.6) is 11.5 Å². The number of hydrogen-bond donors (Lipinski definition) is 1. The van der Waals surface area contributed by atoms with Crippen molar-refractivity contribution in [1.82, 2.24) is 14.8 Å². The van der Waals surface area contributed by atoms with Crippen molar-refractivity contribution in [2.45, 2.75) is 50.1 Å². The van der Waals surface area contributed by atoms with Gasteiger partial charge < -0.3 is 19.4 Å². The fraction of sp³-hybridized carbons (Fsp3) is 0.500. The molecule has 0 unspecified atom stereocenters. The number of ether oxygens (including phenoxy) is 2. The van der Waals surface area contributed by atoms with Crippen LogP contribution >= 0.6 is 11.8 Å². The highest BCUT2D eigenvalue weighted by Crippen LogP contribution is 2.30. The molecule has 1 aromatic heterocycles. The van der Waals surface area contributed by atoms with Crippen molar-refractivity contribution in [2.75, 3.05) is 19.5 Å². The quantitative estimate of drug-likeness (QED) is 0.503. The summed E-state index contributed by atoms with van der Waals surface area (Å²) in [4.78, 5) is 12.5. The lowest BCUT2D eigenvalue weighted by atomic mass is 10.2. The zero-order chi connectivity index (χ0) is 18.9. The van der Waals surface area contributed by atoms with Crippen LogP contribution in [0.3, 0.4) is 0 Å². The Morgan fingerprint density at radius 2 is 2.04 bits per heavy atom. The molecule has 2 aromatic rings. The average molecular weight is 378 g/mol. The summed E-state index contributed by atoms with van der Waals surface area (Å²) in [5, 5.41) is 11.5. The Balaban J connectivity index is 1.97. The van der Waals surface area contributed by atoms with Gasteiger partial charge in [0.25, 0.3) is 0 Å². The van der Waals surface area contributed by atoms with Crippen LogP contribution in [0.15, 0.2) is 29.7 Å². The normalized spacial score (nSPS) is 11.8. The summed E-state index contributed by atoms with van der Waals surface area (Å²) in [5.41, 5.74) is 0.657. The molecule has 0 aliphatic carbocycles. The Bertz CT molecular complexity index is 720. The van der Waals surface area contributed by atoms with Gasteiger partial charge in [-0.1, -0.05) is 31.5 Å². The number of aryl methyl sites for hydroxylation is 1. The van der Waals surface area contributed by atoms with Gasteiger partial charge in [-0.05, 0) is 25.5 Å². The lowest BCUT2D eigenvalue weighted by Gasteiger charge is -2.14. The predicted molar refractivity (Wildman–Crippen MR) is 103 cm³/mol. The van der Waals surface area contributed by atoms with Gasteiger partial charge in [0.05, 0.1) is 19.5 Å². The molecule has 0 spiro atoms. The van der Waals surface area contributed by atoms with E-state index in [2.05, 4.69) is 22.4 Å². The monoisotopic (exact) mass is 378 g/mol. The number of carbonyl (C=O) groups is 1. The molecule has 0 aliphatic rings. The first-order chi connectivity index (χ1) is 12.6. The Hall–Kier alpha value is -2.22. The van der Waals surface area contributed by atoms with E-state index in [0.717, 1.165) is 31.0 Å². The number of methoxy groups -OCH3 is 2. The van der Waals surface area contributed by atoms with E-state index in [1.165, 1.54) is 11.8 Å². The number of thioether (sulfide) groups is 1. The second kappa shape index (κ2) is 10.1. The number of hydrogen-bond acceptors (Lipinski definition) is 6. The highest BCUT2D eigenvalue weighted by atomic mass is 32.2. The van der Waals surface area contributed by atoms with Gasteiger partial charge in [-0.3, -0.25) is 4.79 Å². The summed E-state index contributed by atoms with van der Waals surface area (Å²) < 4.78 is 12.5. The number of carbonyl (C=O) groups excluding carboxylic acids is 1. The predicted octanol–water partition coefficient (Wildman–Crippen LogP) is 3.60. The molecular formula is C18H26N4O3S. The Kier molecular flexibility index (Phi) is 7.77. The van der Waals surface area contributed by atoms with Gasteiger partial charge >= 0.3 is 0 Å². The fourth-order valence-corrected chi connectivity index (χ4v) is 3.24. The van der Waals surface area contributed by atoms with Gasteiger partial charge in [-0.15, -0.1) is 10.2 Å². The van der Waals surface area contributed by atoms with Crippen molar-refractivity contribution >= 4 is 23.4 Å². The SMILES string of the molecule is CCCCCn1cnnc1S[C@@H](C)C(=O)Nc1ccc(OC)c(OC)c1. The molecule has 26 heavy (non-hydrogen) atoms. The molecule has 0 aliphatic heterocycles. The van der Waals surface area contributed by atoms with Gasteiger partial charge in [0.2, 0.25) is 5.91 Å². The summed E-state index contributed by atoms with van der Waals surface area (Å²) in [6.07, 6.45) is 5.12. The van der Waals surface area contributed by atoms with E-state index in [1.807, 2.05) is 11.5 Å². The van der Waals surface area contributed by atoms with Crippen LogP contribution < -0.4 is 14.8 Å². The van der Waals surface area contributed by atoms with Crippen molar-refractivity contribution in [3.63, 3.8) is 0 Å². The van der Waals surface area contributed by atoms with E-state index in [4.69, 9.17) is 9.47 Å². The van der Waals surface area contributed by atoms with Crippen molar-refractivity contribution in [3.8, 4) is 11.5 Å². The van der Waals surface area contributed by atoms with Gasteiger partial charge in [-0.2, -0.15) is 0 Å². The molecule has 0 radical (unpaired) electrons. The van der Waals surface area contributed by atoms with Gasteiger partial charge in [0, 0.05) is 18.3 Å². The maximum absolute atomic E-state index is 12.5. The van der Waals surface area contributed by atoms with E-state index in [0.29, 0.717) is 17.2 Å². The molecule has 1 aromatic carbocycles. The summed E-state index contributed by atoms with van der Waals surface area (Å²) in [6.45, 7) is 4.89. The number of nitrogens with zero attached hydrogens (tertiary/aromatic N) is 3. The first kappa shape index (κ1) is 20.1. The molecule has 1 amide bonds. The third kappa shape index (κ3) is 5.39. The lowest BCUT2D eigenvalue weighted by molar-refractivity contribution is -0.115. The van der Waals surface area contributed by atoms with Crippen LogP contribution in [0.25, 0.3) is 0 Å². The summed E-state index contributed by atoms with van der Waals surface area (Å²) in [5.74, 6) is 1.08. The molecule has 2 rings (SSSR count). The summed E-state index contributed by atoms with van der Waals surface area (Å²) in [7, 11) is 3.14. The molecular weight excluding hydrogens is 352 g/mol. The smallest absolute Gasteiger partial charge is 0.237 e. The maximum atomic E-state index is 12.5. The molecule has 8 heteroatoms. The third-order valence-electron chi connectivity index (χ3n) is 3.89. The zero-order valence-electron chi connectivity index (χ0n) is 15.7.